The number of rotatable bonds is 1. The minimum atomic E-state index is -0.0685. The van der Waals surface area contributed by atoms with Gasteiger partial charge in [-0.1, -0.05) is 18.2 Å². The molecule has 1 aromatic carbocycles. The van der Waals surface area contributed by atoms with Crippen LogP contribution in [-0.2, 0) is 0 Å². The molecule has 14 heavy (non-hydrogen) atoms. The molecular formula is C11H8INO. The van der Waals surface area contributed by atoms with E-state index in [1.54, 1.807) is 6.07 Å². The van der Waals surface area contributed by atoms with Gasteiger partial charge in [-0.2, -0.15) is 0 Å². The molecule has 2 nitrogen and oxygen atoms in total. The zero-order valence-electron chi connectivity index (χ0n) is 7.33. The predicted molar refractivity (Wildman–Crippen MR) is 65.2 cm³/mol. The van der Waals surface area contributed by atoms with E-state index in [2.05, 4.69) is 27.6 Å². The first-order valence-electron chi connectivity index (χ1n) is 4.21. The smallest absolute Gasteiger partial charge is 0.248 e. The lowest BCUT2D eigenvalue weighted by Crippen LogP contribution is -2.03. The first-order chi connectivity index (χ1) is 6.75. The molecule has 2 aromatic rings. The third-order valence-electron chi connectivity index (χ3n) is 1.92. The Hall–Kier alpha value is -1.10. The largest absolute Gasteiger partial charge is 0.322 e. The number of hydrogen-bond acceptors (Lipinski definition) is 1. The summed E-state index contributed by atoms with van der Waals surface area (Å²) >= 11 is 2.25. The second kappa shape index (κ2) is 3.96. The van der Waals surface area contributed by atoms with Gasteiger partial charge in [-0.3, -0.25) is 4.79 Å². The summed E-state index contributed by atoms with van der Waals surface area (Å²) in [7, 11) is 0. The van der Waals surface area contributed by atoms with Crippen LogP contribution in [0.3, 0.4) is 0 Å². The van der Waals surface area contributed by atoms with Crippen molar-refractivity contribution in [2.45, 2.75) is 0 Å². The second-order valence-corrected chi connectivity index (χ2v) is 4.18. The van der Waals surface area contributed by atoms with E-state index in [1.807, 2.05) is 30.3 Å². The Balaban J connectivity index is 2.50. The van der Waals surface area contributed by atoms with E-state index in [-0.39, 0.29) is 5.56 Å². The molecule has 70 valence electrons. The lowest BCUT2D eigenvalue weighted by Gasteiger charge is -2.00. The maximum atomic E-state index is 11.1. The van der Waals surface area contributed by atoms with Gasteiger partial charge >= 0.3 is 0 Å². The summed E-state index contributed by atoms with van der Waals surface area (Å²) in [4.78, 5) is 13.9. The van der Waals surface area contributed by atoms with Crippen LogP contribution in [0, 0.1) is 3.57 Å². The van der Waals surface area contributed by atoms with E-state index >= 15 is 0 Å². The predicted octanol–water partition coefficient (Wildman–Crippen LogP) is 2.65. The highest BCUT2D eigenvalue weighted by molar-refractivity contribution is 14.1. The Labute approximate surface area is 95.1 Å². The van der Waals surface area contributed by atoms with Crippen LogP contribution in [-0.4, -0.2) is 4.98 Å². The standard InChI is InChI=1S/C11H8INO/c12-9-6-4-8(5-7-9)10-2-1-3-11(14)13-10/h1-7H,(H,13,14). The minimum Gasteiger partial charge on any atom is -0.322 e. The van der Waals surface area contributed by atoms with Crippen molar-refractivity contribution in [3.63, 3.8) is 0 Å². The molecule has 0 bridgehead atoms. The van der Waals surface area contributed by atoms with Crippen molar-refractivity contribution in [3.05, 3.63) is 56.4 Å². The van der Waals surface area contributed by atoms with Crippen LogP contribution in [0.15, 0.2) is 47.3 Å². The topological polar surface area (TPSA) is 32.9 Å². The highest BCUT2D eigenvalue weighted by Crippen LogP contribution is 2.16. The number of aromatic nitrogens is 1. The van der Waals surface area contributed by atoms with Gasteiger partial charge in [0.25, 0.3) is 0 Å². The SMILES string of the molecule is O=c1cccc(-c2ccc(I)cc2)[nH]1. The quantitative estimate of drug-likeness (QED) is 0.807. The number of halogens is 1. The molecular weight excluding hydrogens is 289 g/mol. The molecule has 0 saturated carbocycles. The summed E-state index contributed by atoms with van der Waals surface area (Å²) in [5.41, 5.74) is 1.82. The van der Waals surface area contributed by atoms with Gasteiger partial charge in [0.2, 0.25) is 5.56 Å². The molecule has 0 aliphatic heterocycles. The van der Waals surface area contributed by atoms with Gasteiger partial charge in [0.15, 0.2) is 0 Å². The average Bonchev–Trinajstić information content (AvgIpc) is 2.19. The molecule has 1 aromatic heterocycles. The van der Waals surface area contributed by atoms with E-state index < -0.39 is 0 Å². The fourth-order valence-electron chi connectivity index (χ4n) is 1.25. The van der Waals surface area contributed by atoms with Crippen molar-refractivity contribution in [2.24, 2.45) is 0 Å². The lowest BCUT2D eigenvalue weighted by atomic mass is 10.1. The molecule has 0 spiro atoms. The van der Waals surface area contributed by atoms with Gasteiger partial charge in [-0.15, -0.1) is 0 Å². The second-order valence-electron chi connectivity index (χ2n) is 2.94. The first kappa shape index (κ1) is 9.45. The molecule has 0 aliphatic carbocycles. The molecule has 0 amide bonds. The van der Waals surface area contributed by atoms with E-state index in [0.717, 1.165) is 11.3 Å². The van der Waals surface area contributed by atoms with Gasteiger partial charge in [-0.25, -0.2) is 0 Å². The maximum Gasteiger partial charge on any atom is 0.248 e. The summed E-state index contributed by atoms with van der Waals surface area (Å²) in [5.74, 6) is 0. The van der Waals surface area contributed by atoms with E-state index in [0.29, 0.717) is 0 Å². The van der Waals surface area contributed by atoms with Crippen molar-refractivity contribution in [3.8, 4) is 11.3 Å². The molecule has 0 saturated heterocycles. The Morgan fingerprint density at radius 1 is 1.00 bits per heavy atom. The van der Waals surface area contributed by atoms with Gasteiger partial charge in [-0.05, 0) is 46.4 Å². The maximum absolute atomic E-state index is 11.1. The molecule has 2 rings (SSSR count). The molecule has 0 radical (unpaired) electrons. The molecule has 1 N–H and O–H groups in total. The lowest BCUT2D eigenvalue weighted by molar-refractivity contribution is 1.24. The zero-order valence-corrected chi connectivity index (χ0v) is 9.49. The van der Waals surface area contributed by atoms with Crippen LogP contribution in [0.4, 0.5) is 0 Å². The number of benzene rings is 1. The van der Waals surface area contributed by atoms with Gasteiger partial charge in [0.05, 0.1) is 0 Å². The van der Waals surface area contributed by atoms with Gasteiger partial charge in [0.1, 0.15) is 0 Å². The first-order valence-corrected chi connectivity index (χ1v) is 5.29. The highest BCUT2D eigenvalue weighted by Gasteiger charge is 1.96. The van der Waals surface area contributed by atoms with E-state index in [1.165, 1.54) is 9.64 Å². The normalized spacial score (nSPS) is 10.1. The monoisotopic (exact) mass is 297 g/mol. The van der Waals surface area contributed by atoms with Crippen molar-refractivity contribution < 1.29 is 0 Å². The Kier molecular flexibility index (Phi) is 2.67. The van der Waals surface area contributed by atoms with Crippen molar-refractivity contribution in [2.75, 3.05) is 0 Å². The van der Waals surface area contributed by atoms with E-state index in [9.17, 15) is 4.79 Å². The van der Waals surface area contributed by atoms with Crippen LogP contribution in [0.5, 0.6) is 0 Å². The fourth-order valence-corrected chi connectivity index (χ4v) is 1.61. The van der Waals surface area contributed by atoms with Gasteiger partial charge in [0, 0.05) is 15.3 Å². The third-order valence-corrected chi connectivity index (χ3v) is 2.64. The van der Waals surface area contributed by atoms with Crippen LogP contribution in [0.2, 0.25) is 0 Å². The molecule has 0 atom stereocenters. The summed E-state index contributed by atoms with van der Waals surface area (Å²) in [5, 5.41) is 0. The van der Waals surface area contributed by atoms with E-state index in [4.69, 9.17) is 0 Å². The van der Waals surface area contributed by atoms with Crippen LogP contribution >= 0.6 is 22.6 Å². The average molecular weight is 297 g/mol. The Bertz CT molecular complexity index is 487. The number of nitrogens with one attached hydrogen (secondary N) is 1. The van der Waals surface area contributed by atoms with Crippen LogP contribution in [0.25, 0.3) is 11.3 Å². The molecule has 0 fully saturated rings. The number of pyridine rings is 1. The fraction of sp³-hybridized carbons (Fsp3) is 0. The van der Waals surface area contributed by atoms with Crippen molar-refractivity contribution in [1.82, 2.24) is 4.98 Å². The van der Waals surface area contributed by atoms with Gasteiger partial charge < -0.3 is 4.98 Å². The number of aromatic amines is 1. The Morgan fingerprint density at radius 3 is 2.36 bits per heavy atom. The minimum absolute atomic E-state index is 0.0685. The summed E-state index contributed by atoms with van der Waals surface area (Å²) in [6.45, 7) is 0. The van der Waals surface area contributed by atoms with Crippen molar-refractivity contribution >= 4 is 22.6 Å². The third kappa shape index (κ3) is 2.04. The summed E-state index contributed by atoms with van der Waals surface area (Å²) < 4.78 is 1.18. The Morgan fingerprint density at radius 2 is 1.71 bits per heavy atom. The highest BCUT2D eigenvalue weighted by atomic mass is 127. The van der Waals surface area contributed by atoms with Crippen LogP contribution < -0.4 is 5.56 Å². The van der Waals surface area contributed by atoms with Crippen molar-refractivity contribution in [1.29, 1.82) is 0 Å². The summed E-state index contributed by atoms with van der Waals surface area (Å²) in [6, 6.07) is 13.2. The zero-order chi connectivity index (χ0) is 9.97. The van der Waals surface area contributed by atoms with Crippen LogP contribution in [0.1, 0.15) is 0 Å². The molecule has 3 heteroatoms. The summed E-state index contributed by atoms with van der Waals surface area (Å²) in [6.07, 6.45) is 0. The molecule has 1 heterocycles. The molecule has 0 unspecified atom stereocenters. The number of hydrogen-bond donors (Lipinski definition) is 1. The number of H-pyrrole nitrogens is 1. The molecule has 0 aliphatic rings.